The van der Waals surface area contributed by atoms with Crippen molar-refractivity contribution in [2.75, 3.05) is 25.7 Å². The predicted molar refractivity (Wildman–Crippen MR) is 77.5 cm³/mol. The molecule has 0 aliphatic heterocycles. The Morgan fingerprint density at radius 3 is 2.45 bits per heavy atom. The molecule has 0 spiro atoms. The van der Waals surface area contributed by atoms with E-state index in [0.29, 0.717) is 23.7 Å². The number of ether oxygens (including phenoxy) is 2. The summed E-state index contributed by atoms with van der Waals surface area (Å²) in [6.45, 7) is 2.23. The third-order valence-electron chi connectivity index (χ3n) is 2.63. The first-order valence-electron chi connectivity index (χ1n) is 5.96. The van der Waals surface area contributed by atoms with Crippen molar-refractivity contribution < 1.29 is 22.7 Å². The zero-order chi connectivity index (χ0) is 15.3. The SMILES string of the molecule is CCOc1cc(C(CS(C)(=O)=O)C(=O)Cl)ccc1OC. The van der Waals surface area contributed by atoms with Gasteiger partial charge in [-0.15, -0.1) is 0 Å². The van der Waals surface area contributed by atoms with Crippen LogP contribution in [0.2, 0.25) is 0 Å². The molecule has 1 aromatic rings. The predicted octanol–water partition coefficient (Wildman–Crippen LogP) is 1.99. The Hall–Kier alpha value is -1.27. The lowest BCUT2D eigenvalue weighted by molar-refractivity contribution is -0.112. The second-order valence-electron chi connectivity index (χ2n) is 4.29. The summed E-state index contributed by atoms with van der Waals surface area (Å²) in [4.78, 5) is 11.5. The van der Waals surface area contributed by atoms with Gasteiger partial charge in [0.1, 0.15) is 9.84 Å². The number of rotatable bonds is 7. The van der Waals surface area contributed by atoms with E-state index in [4.69, 9.17) is 21.1 Å². The Morgan fingerprint density at radius 2 is 2.00 bits per heavy atom. The van der Waals surface area contributed by atoms with Crippen molar-refractivity contribution in [3.63, 3.8) is 0 Å². The first-order valence-corrected chi connectivity index (χ1v) is 8.40. The molecule has 0 aliphatic rings. The third kappa shape index (κ3) is 4.68. The molecule has 5 nitrogen and oxygen atoms in total. The van der Waals surface area contributed by atoms with Crippen LogP contribution in [-0.2, 0) is 14.6 Å². The van der Waals surface area contributed by atoms with Gasteiger partial charge < -0.3 is 9.47 Å². The number of hydrogen-bond acceptors (Lipinski definition) is 5. The molecule has 1 aromatic carbocycles. The lowest BCUT2D eigenvalue weighted by Gasteiger charge is -2.15. The van der Waals surface area contributed by atoms with Crippen LogP contribution in [0.15, 0.2) is 18.2 Å². The molecule has 0 saturated heterocycles. The molecule has 0 saturated carbocycles. The van der Waals surface area contributed by atoms with Gasteiger partial charge in [-0.2, -0.15) is 0 Å². The Morgan fingerprint density at radius 1 is 1.35 bits per heavy atom. The van der Waals surface area contributed by atoms with E-state index in [1.807, 2.05) is 6.92 Å². The van der Waals surface area contributed by atoms with Gasteiger partial charge in [0.25, 0.3) is 0 Å². The maximum Gasteiger partial charge on any atom is 0.230 e. The zero-order valence-corrected chi connectivity index (χ0v) is 13.1. The quantitative estimate of drug-likeness (QED) is 0.719. The summed E-state index contributed by atoms with van der Waals surface area (Å²) < 4.78 is 33.3. The number of benzene rings is 1. The number of carbonyl (C=O) groups excluding carboxylic acids is 1. The topological polar surface area (TPSA) is 69.7 Å². The summed E-state index contributed by atoms with van der Waals surface area (Å²) >= 11 is 5.51. The highest BCUT2D eigenvalue weighted by Gasteiger charge is 2.24. The molecule has 0 radical (unpaired) electrons. The van der Waals surface area contributed by atoms with Crippen LogP contribution in [-0.4, -0.2) is 39.4 Å². The van der Waals surface area contributed by atoms with E-state index in [-0.39, 0.29) is 5.75 Å². The molecule has 112 valence electrons. The van der Waals surface area contributed by atoms with E-state index in [1.54, 1.807) is 18.2 Å². The molecule has 0 N–H and O–H groups in total. The second kappa shape index (κ2) is 6.95. The van der Waals surface area contributed by atoms with Gasteiger partial charge in [0.05, 0.1) is 25.4 Å². The van der Waals surface area contributed by atoms with E-state index >= 15 is 0 Å². The molecule has 0 aliphatic carbocycles. The second-order valence-corrected chi connectivity index (χ2v) is 6.85. The van der Waals surface area contributed by atoms with Gasteiger partial charge in [0.15, 0.2) is 11.5 Å². The van der Waals surface area contributed by atoms with Gasteiger partial charge in [-0.25, -0.2) is 8.42 Å². The number of halogens is 1. The van der Waals surface area contributed by atoms with Crippen LogP contribution >= 0.6 is 11.6 Å². The minimum absolute atomic E-state index is 0.340. The summed E-state index contributed by atoms with van der Waals surface area (Å²) in [7, 11) is -1.84. The van der Waals surface area contributed by atoms with Crippen LogP contribution in [0.25, 0.3) is 0 Å². The molecule has 7 heteroatoms. The molecule has 0 amide bonds. The molecule has 0 aromatic heterocycles. The summed E-state index contributed by atoms with van der Waals surface area (Å²) in [6, 6.07) is 4.81. The lowest BCUT2D eigenvalue weighted by Crippen LogP contribution is -2.18. The van der Waals surface area contributed by atoms with Crippen LogP contribution in [0.3, 0.4) is 0 Å². The van der Waals surface area contributed by atoms with Gasteiger partial charge >= 0.3 is 0 Å². The van der Waals surface area contributed by atoms with Crippen LogP contribution in [0.4, 0.5) is 0 Å². The Bertz CT molecular complexity index is 582. The van der Waals surface area contributed by atoms with Crippen LogP contribution in [0.1, 0.15) is 18.4 Å². The molecule has 1 unspecified atom stereocenters. The first kappa shape index (κ1) is 16.8. The van der Waals surface area contributed by atoms with Crippen molar-refractivity contribution in [1.29, 1.82) is 0 Å². The molecular weight excluding hydrogens is 304 g/mol. The van der Waals surface area contributed by atoms with E-state index in [1.165, 1.54) is 7.11 Å². The average Bonchev–Trinajstić information content (AvgIpc) is 2.35. The standard InChI is InChI=1S/C13H17ClO5S/c1-4-19-12-7-9(5-6-11(12)18-2)10(13(14)15)8-20(3,16)17/h5-7,10H,4,8H2,1-3H3. The normalized spacial score (nSPS) is 12.8. The van der Waals surface area contributed by atoms with Crippen molar-refractivity contribution in [3.8, 4) is 11.5 Å². The molecule has 1 atom stereocenters. The molecule has 0 bridgehead atoms. The summed E-state index contributed by atoms with van der Waals surface area (Å²) in [5.74, 6) is -0.302. The van der Waals surface area contributed by atoms with Gasteiger partial charge in [0.2, 0.25) is 5.24 Å². The van der Waals surface area contributed by atoms with Gasteiger partial charge in [-0.1, -0.05) is 6.07 Å². The molecule has 0 heterocycles. The van der Waals surface area contributed by atoms with Crippen molar-refractivity contribution in [1.82, 2.24) is 0 Å². The maximum atomic E-state index is 11.5. The van der Waals surface area contributed by atoms with Gasteiger partial charge in [-0.05, 0) is 36.2 Å². The Labute approximate surface area is 123 Å². The third-order valence-corrected chi connectivity index (χ3v) is 3.84. The minimum Gasteiger partial charge on any atom is -0.493 e. The number of carbonyl (C=O) groups is 1. The smallest absolute Gasteiger partial charge is 0.230 e. The van der Waals surface area contributed by atoms with Crippen LogP contribution in [0.5, 0.6) is 11.5 Å². The average molecular weight is 321 g/mol. The number of hydrogen-bond donors (Lipinski definition) is 0. The van der Waals surface area contributed by atoms with E-state index < -0.39 is 21.0 Å². The fourth-order valence-electron chi connectivity index (χ4n) is 1.77. The van der Waals surface area contributed by atoms with Gasteiger partial charge in [-0.3, -0.25) is 4.79 Å². The number of methoxy groups -OCH3 is 1. The fourth-order valence-corrected chi connectivity index (χ4v) is 3.02. The van der Waals surface area contributed by atoms with Crippen LogP contribution < -0.4 is 9.47 Å². The number of sulfone groups is 1. The highest BCUT2D eigenvalue weighted by atomic mass is 35.5. The van der Waals surface area contributed by atoms with Crippen molar-refractivity contribution in [2.24, 2.45) is 0 Å². The lowest BCUT2D eigenvalue weighted by atomic mass is 10.0. The maximum absolute atomic E-state index is 11.5. The summed E-state index contributed by atoms with van der Waals surface area (Å²) in [5, 5.41) is -0.719. The molecular formula is C13H17ClO5S. The van der Waals surface area contributed by atoms with E-state index in [0.717, 1.165) is 6.26 Å². The zero-order valence-electron chi connectivity index (χ0n) is 11.6. The summed E-state index contributed by atoms with van der Waals surface area (Å²) in [5.41, 5.74) is 0.486. The molecule has 20 heavy (non-hydrogen) atoms. The highest BCUT2D eigenvalue weighted by Crippen LogP contribution is 2.32. The van der Waals surface area contributed by atoms with Gasteiger partial charge in [0, 0.05) is 6.26 Å². The van der Waals surface area contributed by atoms with E-state index in [9.17, 15) is 13.2 Å². The molecule has 0 fully saturated rings. The van der Waals surface area contributed by atoms with Crippen LogP contribution in [0, 0.1) is 0 Å². The monoisotopic (exact) mass is 320 g/mol. The van der Waals surface area contributed by atoms with Crippen molar-refractivity contribution >= 4 is 26.7 Å². The first-order chi connectivity index (χ1) is 9.28. The Kier molecular flexibility index (Phi) is 5.83. The Balaban J connectivity index is 3.20. The fraction of sp³-hybridized carbons (Fsp3) is 0.462. The molecule has 1 rings (SSSR count). The highest BCUT2D eigenvalue weighted by molar-refractivity contribution is 7.90. The largest absolute Gasteiger partial charge is 0.493 e. The van der Waals surface area contributed by atoms with E-state index in [2.05, 4.69) is 0 Å². The minimum atomic E-state index is -3.33. The summed E-state index contributed by atoms with van der Waals surface area (Å²) in [6.07, 6.45) is 1.06. The van der Waals surface area contributed by atoms with Crippen molar-refractivity contribution in [3.05, 3.63) is 23.8 Å². The van der Waals surface area contributed by atoms with Crippen molar-refractivity contribution in [2.45, 2.75) is 12.8 Å².